The largest absolute Gasteiger partial charge is 0.394 e. The van der Waals surface area contributed by atoms with Crippen molar-refractivity contribution in [2.24, 2.45) is 0 Å². The smallest absolute Gasteiger partial charge is 0.273 e. The number of piperidine rings is 1. The molecule has 4 heterocycles. The highest BCUT2D eigenvalue weighted by atomic mass is 32.1. The molecule has 176 valence electrons. The number of fused-ring (bicyclic) bond motifs is 1. The molecule has 0 radical (unpaired) electrons. The zero-order valence-corrected chi connectivity index (χ0v) is 19.8. The van der Waals surface area contributed by atoms with Crippen LogP contribution in [0.1, 0.15) is 52.9 Å². The van der Waals surface area contributed by atoms with Gasteiger partial charge in [-0.15, -0.1) is 11.3 Å². The fraction of sp³-hybridized carbons (Fsp3) is 0.440. The van der Waals surface area contributed by atoms with E-state index in [9.17, 15) is 20.0 Å². The van der Waals surface area contributed by atoms with E-state index in [1.54, 1.807) is 21.6 Å². The first kappa shape index (κ1) is 22.6. The second kappa shape index (κ2) is 9.57. The van der Waals surface area contributed by atoms with Crippen molar-refractivity contribution < 1.29 is 9.90 Å². The first-order chi connectivity index (χ1) is 16.6. The number of aliphatic hydroxyl groups is 1. The van der Waals surface area contributed by atoms with Gasteiger partial charge in [-0.2, -0.15) is 5.26 Å². The molecule has 1 atom stereocenters. The Morgan fingerprint density at radius 2 is 1.97 bits per heavy atom. The highest BCUT2D eigenvalue weighted by Gasteiger charge is 2.30. The standard InChI is InChI=1S/C25H27N5O3S/c26-14-17-7-2-3-8-18(17)15-30-24(33)22-20(27-25(30)28-10-4-1-5-11-28)13-21(34-22)23(32)29-12-6-9-19(29)16-31/h2-3,7-8,13,19,31H,1,4-6,9-12,15-16H2. The number of aliphatic hydroxyl groups excluding tert-OH is 1. The van der Waals surface area contributed by atoms with Gasteiger partial charge in [0.1, 0.15) is 4.70 Å². The molecule has 1 unspecified atom stereocenters. The minimum absolute atomic E-state index is 0.0564. The van der Waals surface area contributed by atoms with Gasteiger partial charge >= 0.3 is 0 Å². The van der Waals surface area contributed by atoms with Crippen LogP contribution in [0.5, 0.6) is 0 Å². The Morgan fingerprint density at radius 3 is 2.74 bits per heavy atom. The predicted molar refractivity (Wildman–Crippen MR) is 131 cm³/mol. The Kier molecular flexibility index (Phi) is 6.35. The van der Waals surface area contributed by atoms with Crippen molar-refractivity contribution in [3.8, 4) is 6.07 Å². The van der Waals surface area contributed by atoms with Gasteiger partial charge in [-0.05, 0) is 49.8 Å². The summed E-state index contributed by atoms with van der Waals surface area (Å²) in [5, 5.41) is 19.2. The molecule has 1 N–H and O–H groups in total. The summed E-state index contributed by atoms with van der Waals surface area (Å²) in [6.45, 7) is 2.44. The van der Waals surface area contributed by atoms with Gasteiger partial charge in [0.25, 0.3) is 11.5 Å². The first-order valence-electron chi connectivity index (χ1n) is 11.8. The third kappa shape index (κ3) is 4.08. The normalized spacial score (nSPS) is 18.4. The fourth-order valence-corrected chi connectivity index (χ4v) is 5.96. The second-order valence-corrected chi connectivity index (χ2v) is 9.97. The molecule has 1 amide bonds. The van der Waals surface area contributed by atoms with Crippen molar-refractivity contribution in [2.45, 2.75) is 44.7 Å². The molecule has 9 heteroatoms. The zero-order chi connectivity index (χ0) is 23.7. The number of carbonyl (C=O) groups is 1. The predicted octanol–water partition coefficient (Wildman–Crippen LogP) is 2.97. The quantitative estimate of drug-likeness (QED) is 0.606. The molecule has 34 heavy (non-hydrogen) atoms. The summed E-state index contributed by atoms with van der Waals surface area (Å²) in [4.78, 5) is 36.1. The Morgan fingerprint density at radius 1 is 1.18 bits per heavy atom. The molecule has 1 aromatic carbocycles. The summed E-state index contributed by atoms with van der Waals surface area (Å²) in [6, 6.07) is 11.1. The van der Waals surface area contributed by atoms with Crippen LogP contribution in [0.2, 0.25) is 0 Å². The number of hydrogen-bond acceptors (Lipinski definition) is 7. The van der Waals surface area contributed by atoms with Crippen LogP contribution >= 0.6 is 11.3 Å². The van der Waals surface area contributed by atoms with E-state index < -0.39 is 0 Å². The molecular weight excluding hydrogens is 450 g/mol. The summed E-state index contributed by atoms with van der Waals surface area (Å²) < 4.78 is 2.10. The Labute approximate surface area is 201 Å². The zero-order valence-electron chi connectivity index (χ0n) is 18.9. The summed E-state index contributed by atoms with van der Waals surface area (Å²) in [7, 11) is 0. The van der Waals surface area contributed by atoms with Crippen LogP contribution in [0.25, 0.3) is 10.2 Å². The van der Waals surface area contributed by atoms with E-state index in [4.69, 9.17) is 4.98 Å². The maximum atomic E-state index is 13.7. The van der Waals surface area contributed by atoms with Crippen molar-refractivity contribution >= 4 is 33.4 Å². The molecule has 0 spiro atoms. The van der Waals surface area contributed by atoms with Crippen molar-refractivity contribution in [3.05, 3.63) is 56.7 Å². The van der Waals surface area contributed by atoms with Crippen molar-refractivity contribution in [1.82, 2.24) is 14.5 Å². The molecule has 8 nitrogen and oxygen atoms in total. The average molecular weight is 478 g/mol. The maximum Gasteiger partial charge on any atom is 0.273 e. The van der Waals surface area contributed by atoms with Crippen LogP contribution in [0.15, 0.2) is 35.1 Å². The summed E-state index contributed by atoms with van der Waals surface area (Å²) in [6.07, 6.45) is 4.88. The van der Waals surface area contributed by atoms with Crippen molar-refractivity contribution in [1.29, 1.82) is 5.26 Å². The lowest BCUT2D eigenvalue weighted by atomic mass is 10.1. The summed E-state index contributed by atoms with van der Waals surface area (Å²) in [5.41, 5.74) is 1.64. The number of likely N-dealkylation sites (tertiary alicyclic amines) is 1. The topological polar surface area (TPSA) is 102 Å². The number of carbonyl (C=O) groups excluding carboxylic acids is 1. The lowest BCUT2D eigenvalue weighted by Gasteiger charge is -2.29. The molecule has 2 aliphatic rings. The van der Waals surface area contributed by atoms with Gasteiger partial charge in [0.2, 0.25) is 5.95 Å². The molecular formula is C25H27N5O3S. The lowest BCUT2D eigenvalue weighted by molar-refractivity contribution is 0.0682. The lowest BCUT2D eigenvalue weighted by Crippen LogP contribution is -2.37. The minimum Gasteiger partial charge on any atom is -0.394 e. The van der Waals surface area contributed by atoms with E-state index in [1.165, 1.54) is 11.3 Å². The Balaban J connectivity index is 1.60. The van der Waals surface area contributed by atoms with Crippen molar-refractivity contribution in [2.75, 3.05) is 31.1 Å². The first-order valence-corrected chi connectivity index (χ1v) is 12.6. The molecule has 0 saturated carbocycles. The molecule has 5 rings (SSSR count). The molecule has 2 aromatic heterocycles. The van der Waals surface area contributed by atoms with Gasteiger partial charge in [-0.25, -0.2) is 4.98 Å². The number of nitrogens with zero attached hydrogens (tertiary/aromatic N) is 5. The maximum absolute atomic E-state index is 13.7. The van der Waals surface area contributed by atoms with E-state index in [2.05, 4.69) is 11.0 Å². The molecule has 2 aliphatic heterocycles. The number of nitriles is 1. The summed E-state index contributed by atoms with van der Waals surface area (Å²) in [5.74, 6) is 0.441. The number of anilines is 1. The third-order valence-corrected chi connectivity index (χ3v) is 7.88. The Bertz CT molecular complexity index is 1320. The number of hydrogen-bond donors (Lipinski definition) is 1. The van der Waals surface area contributed by atoms with Crippen molar-refractivity contribution in [3.63, 3.8) is 0 Å². The van der Waals surface area contributed by atoms with Gasteiger partial charge < -0.3 is 14.9 Å². The number of rotatable bonds is 5. The van der Waals surface area contributed by atoms with E-state index in [0.717, 1.165) is 50.8 Å². The van der Waals surface area contributed by atoms with Crippen LogP contribution < -0.4 is 10.5 Å². The monoisotopic (exact) mass is 477 g/mol. The highest BCUT2D eigenvalue weighted by Crippen LogP contribution is 2.29. The fourth-order valence-electron chi connectivity index (χ4n) is 4.95. The molecule has 2 saturated heterocycles. The number of thiophene rings is 1. The highest BCUT2D eigenvalue weighted by molar-refractivity contribution is 7.20. The van der Waals surface area contributed by atoms with Gasteiger partial charge in [-0.3, -0.25) is 14.2 Å². The van der Waals surface area contributed by atoms with Crippen LogP contribution in [0.4, 0.5) is 5.95 Å². The van der Waals surface area contributed by atoms with Crippen LogP contribution in [-0.4, -0.2) is 57.7 Å². The minimum atomic E-state index is -0.192. The van der Waals surface area contributed by atoms with E-state index in [-0.39, 0.29) is 30.7 Å². The van der Waals surface area contributed by atoms with Crippen LogP contribution in [-0.2, 0) is 6.54 Å². The number of amides is 1. The number of aromatic nitrogens is 2. The third-order valence-electron chi connectivity index (χ3n) is 6.78. The summed E-state index contributed by atoms with van der Waals surface area (Å²) >= 11 is 1.17. The molecule has 2 fully saturated rings. The molecule has 3 aromatic rings. The average Bonchev–Trinajstić information content (AvgIpc) is 3.53. The number of benzene rings is 1. The molecule has 0 aliphatic carbocycles. The van der Waals surface area contributed by atoms with Gasteiger partial charge in [0, 0.05) is 19.6 Å². The second-order valence-electron chi connectivity index (χ2n) is 8.92. The van der Waals surface area contributed by atoms with E-state index >= 15 is 0 Å². The van der Waals surface area contributed by atoms with E-state index in [1.807, 2.05) is 18.2 Å². The van der Waals surface area contributed by atoms with E-state index in [0.29, 0.717) is 33.2 Å². The van der Waals surface area contributed by atoms with Gasteiger partial charge in [0.15, 0.2) is 0 Å². The SMILES string of the molecule is N#Cc1ccccc1Cn1c(N2CCCCC2)nc2cc(C(=O)N3CCCC3CO)sc2c1=O. The Hall–Kier alpha value is -3.22. The van der Waals surface area contributed by atoms with Gasteiger partial charge in [-0.1, -0.05) is 18.2 Å². The van der Waals surface area contributed by atoms with Crippen LogP contribution in [0, 0.1) is 11.3 Å². The van der Waals surface area contributed by atoms with Gasteiger partial charge in [0.05, 0.1) is 41.2 Å². The van der Waals surface area contributed by atoms with Crippen LogP contribution in [0.3, 0.4) is 0 Å². The molecule has 0 bridgehead atoms.